The van der Waals surface area contributed by atoms with Gasteiger partial charge in [-0.3, -0.25) is 14.4 Å². The number of aryl methyl sites for hydroxylation is 1. The van der Waals surface area contributed by atoms with Gasteiger partial charge in [0.1, 0.15) is 11.5 Å². The van der Waals surface area contributed by atoms with E-state index in [0.717, 1.165) is 11.1 Å². The molecule has 3 heterocycles. The molecule has 1 aromatic carbocycles. The first-order valence-corrected chi connectivity index (χ1v) is 13.7. The second kappa shape index (κ2) is 13.0. The van der Waals surface area contributed by atoms with Crippen molar-refractivity contribution in [1.82, 2.24) is 25.0 Å². The highest BCUT2D eigenvalue weighted by molar-refractivity contribution is 5.94. The van der Waals surface area contributed by atoms with E-state index in [4.69, 9.17) is 4.74 Å². The van der Waals surface area contributed by atoms with E-state index in [1.807, 2.05) is 45.0 Å². The van der Waals surface area contributed by atoms with Gasteiger partial charge in [0, 0.05) is 38.4 Å². The molecule has 41 heavy (non-hydrogen) atoms. The Kier molecular flexibility index (Phi) is 9.51. The molecule has 4 rings (SSSR count). The molecule has 0 saturated carbocycles. The van der Waals surface area contributed by atoms with Crippen molar-refractivity contribution in [3.63, 3.8) is 0 Å². The summed E-state index contributed by atoms with van der Waals surface area (Å²) in [4.78, 5) is 44.1. The van der Waals surface area contributed by atoms with Crippen molar-refractivity contribution < 1.29 is 19.4 Å². The molecular weight excluding hydrogens is 524 g/mol. The van der Waals surface area contributed by atoms with Crippen LogP contribution in [0.25, 0.3) is 11.3 Å². The number of aliphatic hydroxyl groups is 1. The zero-order valence-corrected chi connectivity index (χ0v) is 24.0. The number of nitrogens with zero attached hydrogens (tertiary/aromatic N) is 4. The van der Waals surface area contributed by atoms with Gasteiger partial charge in [-0.15, -0.1) is 0 Å². The van der Waals surface area contributed by atoms with E-state index in [-0.39, 0.29) is 34.9 Å². The van der Waals surface area contributed by atoms with Gasteiger partial charge in [-0.05, 0) is 41.7 Å². The number of carbonyl (C=O) groups is 2. The van der Waals surface area contributed by atoms with Gasteiger partial charge in [0.05, 0.1) is 37.0 Å². The van der Waals surface area contributed by atoms with Crippen LogP contribution < -0.4 is 16.2 Å². The van der Waals surface area contributed by atoms with E-state index in [9.17, 15) is 19.5 Å². The third-order valence-corrected chi connectivity index (χ3v) is 6.96. The third-order valence-electron chi connectivity index (χ3n) is 6.96. The fourth-order valence-electron chi connectivity index (χ4n) is 4.39. The number of hydrogen-bond donors (Lipinski definition) is 3. The fourth-order valence-corrected chi connectivity index (χ4v) is 4.39. The average Bonchev–Trinajstić information content (AvgIpc) is 2.95. The summed E-state index contributed by atoms with van der Waals surface area (Å²) >= 11 is 0. The number of anilines is 2. The highest BCUT2D eigenvalue weighted by Gasteiger charge is 2.22. The summed E-state index contributed by atoms with van der Waals surface area (Å²) in [6, 6.07) is 12.4. The quantitative estimate of drug-likeness (QED) is 0.362. The normalized spacial score (nSPS) is 14.4. The highest BCUT2D eigenvalue weighted by atomic mass is 16.5. The lowest BCUT2D eigenvalue weighted by molar-refractivity contribution is -0.120. The number of ether oxygens (including phenoxy) is 1. The molecule has 0 radical (unpaired) electrons. The molecule has 3 N–H and O–H groups in total. The minimum absolute atomic E-state index is 0.106. The Hall–Kier alpha value is -4.09. The lowest BCUT2D eigenvalue weighted by Gasteiger charge is -2.26. The summed E-state index contributed by atoms with van der Waals surface area (Å²) in [6.45, 7) is 8.40. The zero-order valence-electron chi connectivity index (χ0n) is 24.0. The molecule has 1 saturated heterocycles. The lowest BCUT2D eigenvalue weighted by atomic mass is 9.87. The van der Waals surface area contributed by atoms with Crippen LogP contribution in [0.1, 0.15) is 43.1 Å². The van der Waals surface area contributed by atoms with E-state index in [1.54, 1.807) is 30.1 Å². The summed E-state index contributed by atoms with van der Waals surface area (Å²) in [5, 5.41) is 20.5. The van der Waals surface area contributed by atoms with Crippen LogP contribution in [0, 0.1) is 5.41 Å². The Bertz CT molecular complexity index is 1420. The summed E-state index contributed by atoms with van der Waals surface area (Å²) < 4.78 is 6.55. The van der Waals surface area contributed by atoms with Crippen LogP contribution in [0.2, 0.25) is 0 Å². The van der Waals surface area contributed by atoms with Crippen molar-refractivity contribution in [2.45, 2.75) is 39.7 Å². The maximum atomic E-state index is 12.8. The van der Waals surface area contributed by atoms with Crippen LogP contribution in [0.5, 0.6) is 0 Å². The summed E-state index contributed by atoms with van der Waals surface area (Å²) in [7, 11) is 1.57. The van der Waals surface area contributed by atoms with Crippen molar-refractivity contribution in [3.05, 3.63) is 70.1 Å². The van der Waals surface area contributed by atoms with Gasteiger partial charge >= 0.3 is 0 Å². The highest BCUT2D eigenvalue weighted by Crippen LogP contribution is 2.22. The largest absolute Gasteiger partial charge is 0.393 e. The molecule has 3 aromatic rings. The first-order chi connectivity index (χ1) is 19.5. The van der Waals surface area contributed by atoms with Crippen molar-refractivity contribution >= 4 is 23.3 Å². The topological polar surface area (TPSA) is 139 Å². The number of benzene rings is 1. The first-order valence-electron chi connectivity index (χ1n) is 13.7. The number of nitrogens with one attached hydrogen (secondary N) is 2. The van der Waals surface area contributed by atoms with Crippen LogP contribution in [-0.2, 0) is 23.0 Å². The van der Waals surface area contributed by atoms with E-state index < -0.39 is 6.10 Å². The van der Waals surface area contributed by atoms with Gasteiger partial charge in [0.15, 0.2) is 0 Å². The van der Waals surface area contributed by atoms with Gasteiger partial charge in [-0.1, -0.05) is 39.0 Å². The molecular formula is C30H38N6O5. The van der Waals surface area contributed by atoms with Gasteiger partial charge in [0.25, 0.3) is 11.5 Å². The lowest BCUT2D eigenvalue weighted by Crippen LogP contribution is -2.40. The Labute approximate surface area is 239 Å². The predicted molar refractivity (Wildman–Crippen MR) is 156 cm³/mol. The Morgan fingerprint density at radius 1 is 1.12 bits per heavy atom. The molecule has 11 heteroatoms. The molecule has 0 spiro atoms. The van der Waals surface area contributed by atoms with Crippen LogP contribution in [0.3, 0.4) is 0 Å². The Morgan fingerprint density at radius 2 is 1.88 bits per heavy atom. The molecule has 2 aromatic heterocycles. The summed E-state index contributed by atoms with van der Waals surface area (Å²) in [6.07, 6.45) is 1.64. The fraction of sp³-hybridized carbons (Fsp3) is 0.433. The van der Waals surface area contributed by atoms with Gasteiger partial charge in [-0.25, -0.2) is 9.67 Å². The number of amides is 2. The van der Waals surface area contributed by atoms with E-state index >= 15 is 0 Å². The second-order valence-electron chi connectivity index (χ2n) is 11.2. The molecule has 1 aliphatic heterocycles. The van der Waals surface area contributed by atoms with Gasteiger partial charge in [-0.2, -0.15) is 5.10 Å². The van der Waals surface area contributed by atoms with E-state index in [2.05, 4.69) is 20.7 Å². The Morgan fingerprint density at radius 3 is 2.56 bits per heavy atom. The van der Waals surface area contributed by atoms with Crippen molar-refractivity contribution in [1.29, 1.82) is 0 Å². The molecule has 1 fully saturated rings. The molecule has 218 valence electrons. The first kappa shape index (κ1) is 29.9. The molecule has 1 atom stereocenters. The van der Waals surface area contributed by atoms with Crippen LogP contribution in [0.15, 0.2) is 53.5 Å². The molecule has 0 bridgehead atoms. The van der Waals surface area contributed by atoms with Crippen LogP contribution >= 0.6 is 0 Å². The minimum atomic E-state index is -0.504. The third kappa shape index (κ3) is 7.99. The van der Waals surface area contributed by atoms with Crippen molar-refractivity contribution in [2.24, 2.45) is 12.5 Å². The molecule has 1 unspecified atom stereocenters. The van der Waals surface area contributed by atoms with Gasteiger partial charge < -0.3 is 25.4 Å². The number of carbonyl (C=O) groups excluding carboxylic acids is 2. The summed E-state index contributed by atoms with van der Waals surface area (Å²) in [5.74, 6) is 0.172. The van der Waals surface area contributed by atoms with Crippen molar-refractivity contribution in [2.75, 3.05) is 38.2 Å². The van der Waals surface area contributed by atoms with Gasteiger partial charge in [0.2, 0.25) is 5.91 Å². The molecule has 11 nitrogen and oxygen atoms in total. The monoisotopic (exact) mass is 562 g/mol. The molecule has 1 aliphatic rings. The van der Waals surface area contributed by atoms with Crippen molar-refractivity contribution in [3.8, 4) is 11.3 Å². The number of hydrogen-bond acceptors (Lipinski definition) is 8. The Balaban J connectivity index is 1.43. The number of pyridine rings is 1. The number of rotatable bonds is 9. The number of aromatic nitrogens is 3. The minimum Gasteiger partial charge on any atom is -0.393 e. The van der Waals surface area contributed by atoms with Crippen LogP contribution in [-0.4, -0.2) is 75.5 Å². The second-order valence-corrected chi connectivity index (χ2v) is 11.2. The number of aliphatic hydroxyl groups excluding tert-OH is 1. The SMILES string of the molecule is Cn1nc(-c2cccc(CC(=O)NCCC(O)C(C)(C)C)c2)cc(Nc2ccc(C(=O)N3CCOCC3)cn2)c1=O. The van der Waals surface area contributed by atoms with E-state index in [0.29, 0.717) is 56.3 Å². The molecule has 0 aliphatic carbocycles. The van der Waals surface area contributed by atoms with Crippen LogP contribution in [0.4, 0.5) is 11.5 Å². The average molecular weight is 563 g/mol. The maximum Gasteiger partial charge on any atom is 0.290 e. The standard InChI is InChI=1S/C30H38N6O5/c1-30(2,3)25(37)10-11-31-27(38)17-20-6-5-7-21(16-20)23-18-24(29(40)35(4)34-23)33-26-9-8-22(19-32-26)28(39)36-12-14-41-15-13-36/h5-9,16,18-19,25,37H,10-15,17H2,1-4H3,(H,31,38)(H,32,33). The van der Waals surface area contributed by atoms with E-state index in [1.165, 1.54) is 10.9 Å². The predicted octanol–water partition coefficient (Wildman–Crippen LogP) is 2.51. The smallest absolute Gasteiger partial charge is 0.290 e. The molecule has 2 amide bonds. The summed E-state index contributed by atoms with van der Waals surface area (Å²) in [5.41, 5.74) is 2.25. The maximum absolute atomic E-state index is 12.8. The zero-order chi connectivity index (χ0) is 29.6. The number of morpholine rings is 1.